The summed E-state index contributed by atoms with van der Waals surface area (Å²) in [7, 11) is 0. The fraction of sp³-hybridized carbons (Fsp3) is 0.857. The van der Waals surface area contributed by atoms with Gasteiger partial charge in [0.15, 0.2) is 0 Å². The predicted octanol–water partition coefficient (Wildman–Crippen LogP) is 0.910. The van der Waals surface area contributed by atoms with Crippen LogP contribution in [0.15, 0.2) is 4.99 Å². The minimum absolute atomic E-state index is 0.0290. The van der Waals surface area contributed by atoms with Crippen molar-refractivity contribution in [3.05, 3.63) is 10.1 Å². The van der Waals surface area contributed by atoms with Crippen LogP contribution in [0.5, 0.6) is 0 Å². The van der Waals surface area contributed by atoms with Crippen LogP contribution in [0.25, 0.3) is 0 Å². The molecule has 0 aromatic carbocycles. The first-order valence-electron chi connectivity index (χ1n) is 3.94. The molecule has 5 nitrogen and oxygen atoms in total. The second kappa shape index (κ2) is 3.97. The van der Waals surface area contributed by atoms with E-state index in [-0.39, 0.29) is 11.0 Å². The lowest BCUT2D eigenvalue weighted by Gasteiger charge is -2.19. The monoisotopic (exact) mass is 170 g/mol. The van der Waals surface area contributed by atoms with Gasteiger partial charge in [0.2, 0.25) is 12.1 Å². The van der Waals surface area contributed by atoms with Crippen LogP contribution in [0.2, 0.25) is 0 Å². The lowest BCUT2D eigenvalue weighted by molar-refractivity contribution is -0.526. The Morgan fingerprint density at radius 2 is 1.92 bits per heavy atom. The Morgan fingerprint density at radius 3 is 2.33 bits per heavy atom. The van der Waals surface area contributed by atoms with E-state index >= 15 is 0 Å². The van der Waals surface area contributed by atoms with Gasteiger partial charge in [-0.15, -0.1) is 0 Å². The highest BCUT2D eigenvalue weighted by atomic mass is 16.6. The molecule has 0 spiro atoms. The fourth-order valence-corrected chi connectivity index (χ4v) is 1.47. The number of nitrogens with zero attached hydrogens (tertiary/aromatic N) is 2. The Hall–Kier alpha value is -1.22. The van der Waals surface area contributed by atoms with Crippen LogP contribution in [0.3, 0.4) is 0 Å². The molecular weight excluding hydrogens is 160 g/mol. The Balaban J connectivity index is 2.39. The Kier molecular flexibility index (Phi) is 2.94. The molecule has 0 aromatic rings. The van der Waals surface area contributed by atoms with Crippen LogP contribution in [0, 0.1) is 10.1 Å². The van der Waals surface area contributed by atoms with E-state index in [2.05, 4.69) is 4.99 Å². The van der Waals surface area contributed by atoms with Gasteiger partial charge in [-0.2, -0.15) is 0 Å². The third kappa shape index (κ3) is 2.13. The smallest absolute Gasteiger partial charge is 0.235 e. The predicted molar refractivity (Wildman–Crippen MR) is 41.2 cm³/mol. The third-order valence-electron chi connectivity index (χ3n) is 2.20. The molecule has 0 saturated heterocycles. The maximum atomic E-state index is 10.3. The van der Waals surface area contributed by atoms with E-state index in [0.717, 1.165) is 0 Å². The average Bonchev–Trinajstić information content (AvgIpc) is 2.06. The molecule has 0 atom stereocenters. The first kappa shape index (κ1) is 8.87. The van der Waals surface area contributed by atoms with E-state index < -0.39 is 6.04 Å². The molecule has 0 heterocycles. The minimum Gasteiger partial charge on any atom is -0.264 e. The Morgan fingerprint density at radius 1 is 1.33 bits per heavy atom. The summed E-state index contributed by atoms with van der Waals surface area (Å²) in [5, 5.41) is 10.3. The van der Waals surface area contributed by atoms with Gasteiger partial charge in [-0.05, 0) is 12.8 Å². The lowest BCUT2D eigenvalue weighted by atomic mass is 9.92. The number of hydrogen-bond donors (Lipinski definition) is 0. The highest BCUT2D eigenvalue weighted by Gasteiger charge is 2.27. The topological polar surface area (TPSA) is 72.6 Å². The molecule has 0 N–H and O–H groups in total. The highest BCUT2D eigenvalue weighted by Crippen LogP contribution is 2.22. The summed E-state index contributed by atoms with van der Waals surface area (Å²) >= 11 is 0. The molecule has 0 aliphatic heterocycles. The van der Waals surface area contributed by atoms with E-state index in [0.29, 0.717) is 25.7 Å². The quantitative estimate of drug-likeness (QED) is 0.267. The molecule has 1 fully saturated rings. The van der Waals surface area contributed by atoms with Gasteiger partial charge < -0.3 is 0 Å². The van der Waals surface area contributed by atoms with Crippen molar-refractivity contribution in [2.45, 2.75) is 37.8 Å². The molecule has 0 unspecified atom stereocenters. The van der Waals surface area contributed by atoms with Crippen LogP contribution in [0.1, 0.15) is 25.7 Å². The van der Waals surface area contributed by atoms with Crippen molar-refractivity contribution in [1.82, 2.24) is 0 Å². The zero-order valence-corrected chi connectivity index (χ0v) is 6.60. The molecule has 1 saturated carbocycles. The Labute approximate surface area is 69.6 Å². The van der Waals surface area contributed by atoms with Crippen molar-refractivity contribution in [3.8, 4) is 0 Å². The molecule has 0 aromatic heterocycles. The van der Waals surface area contributed by atoms with E-state index in [1.54, 1.807) is 0 Å². The van der Waals surface area contributed by atoms with Crippen molar-refractivity contribution < 1.29 is 9.72 Å². The molecule has 1 aliphatic carbocycles. The second-order valence-corrected chi connectivity index (χ2v) is 2.97. The van der Waals surface area contributed by atoms with E-state index in [9.17, 15) is 14.9 Å². The van der Waals surface area contributed by atoms with Crippen molar-refractivity contribution in [2.24, 2.45) is 4.99 Å². The van der Waals surface area contributed by atoms with E-state index in [4.69, 9.17) is 0 Å². The number of rotatable bonds is 2. The summed E-state index contributed by atoms with van der Waals surface area (Å²) in [6.45, 7) is 0. The highest BCUT2D eigenvalue weighted by molar-refractivity contribution is 5.33. The summed E-state index contributed by atoms with van der Waals surface area (Å²) in [6.07, 6.45) is 3.83. The van der Waals surface area contributed by atoms with Crippen LogP contribution in [-0.2, 0) is 4.79 Å². The summed E-state index contributed by atoms with van der Waals surface area (Å²) in [6, 6.07) is -0.457. The Bertz CT molecular complexity index is 205. The number of hydrogen-bond acceptors (Lipinski definition) is 4. The third-order valence-corrected chi connectivity index (χ3v) is 2.20. The molecule has 1 rings (SSSR count). The summed E-state index contributed by atoms with van der Waals surface area (Å²) in [4.78, 5) is 23.5. The van der Waals surface area contributed by atoms with Crippen LogP contribution >= 0.6 is 0 Å². The molecule has 0 bridgehead atoms. The number of aliphatic imine (C=N–C) groups is 1. The summed E-state index contributed by atoms with van der Waals surface area (Å²) < 4.78 is 0. The maximum Gasteiger partial charge on any atom is 0.235 e. The first-order chi connectivity index (χ1) is 5.74. The standard InChI is InChI=1S/C7H10N2O3/c10-5-8-6-1-3-7(4-2-6)9(11)12/h6-7H,1-4H2. The van der Waals surface area contributed by atoms with Gasteiger partial charge in [0.05, 0.1) is 6.04 Å². The van der Waals surface area contributed by atoms with E-state index in [1.165, 1.54) is 6.08 Å². The molecule has 12 heavy (non-hydrogen) atoms. The first-order valence-corrected chi connectivity index (χ1v) is 3.94. The van der Waals surface area contributed by atoms with Gasteiger partial charge in [-0.1, -0.05) is 0 Å². The van der Waals surface area contributed by atoms with Crippen LogP contribution in [0.4, 0.5) is 0 Å². The number of isocyanates is 1. The van der Waals surface area contributed by atoms with Crippen molar-refractivity contribution in [2.75, 3.05) is 0 Å². The average molecular weight is 170 g/mol. The van der Waals surface area contributed by atoms with Crippen molar-refractivity contribution in [1.29, 1.82) is 0 Å². The van der Waals surface area contributed by atoms with Crippen molar-refractivity contribution in [3.63, 3.8) is 0 Å². The second-order valence-electron chi connectivity index (χ2n) is 2.97. The zero-order chi connectivity index (χ0) is 8.97. The van der Waals surface area contributed by atoms with Gasteiger partial charge in [-0.3, -0.25) is 10.1 Å². The largest absolute Gasteiger partial charge is 0.264 e. The van der Waals surface area contributed by atoms with Gasteiger partial charge in [0.25, 0.3) is 0 Å². The van der Waals surface area contributed by atoms with E-state index in [1.807, 2.05) is 0 Å². The van der Waals surface area contributed by atoms with Gasteiger partial charge in [0.1, 0.15) is 0 Å². The minimum atomic E-state index is -0.428. The zero-order valence-electron chi connectivity index (χ0n) is 6.60. The van der Waals surface area contributed by atoms with Crippen molar-refractivity contribution >= 4 is 6.08 Å². The SMILES string of the molecule is O=C=NC1CCC([N+](=O)[O-])CC1. The number of nitro groups is 1. The maximum absolute atomic E-state index is 10.3. The fourth-order valence-electron chi connectivity index (χ4n) is 1.47. The van der Waals surface area contributed by atoms with Crippen LogP contribution in [-0.4, -0.2) is 23.1 Å². The molecule has 0 amide bonds. The molecule has 0 radical (unpaired) electrons. The lowest BCUT2D eigenvalue weighted by Crippen LogP contribution is -2.27. The summed E-state index contributed by atoms with van der Waals surface area (Å²) in [5.41, 5.74) is 0. The van der Waals surface area contributed by atoms with Gasteiger partial charge >= 0.3 is 0 Å². The van der Waals surface area contributed by atoms with Gasteiger partial charge in [-0.25, -0.2) is 9.79 Å². The van der Waals surface area contributed by atoms with Crippen LogP contribution < -0.4 is 0 Å². The molecule has 66 valence electrons. The normalized spacial score (nSPS) is 29.0. The molecule has 1 aliphatic rings. The van der Waals surface area contributed by atoms with Gasteiger partial charge in [0, 0.05) is 17.8 Å². The molecular formula is C7H10N2O3. The number of carbonyl (C=O) groups excluding carboxylic acids is 1. The molecule has 5 heteroatoms. The summed E-state index contributed by atoms with van der Waals surface area (Å²) in [5.74, 6) is 0.